The van der Waals surface area contributed by atoms with Crippen molar-refractivity contribution in [2.75, 3.05) is 11.4 Å². The Morgan fingerprint density at radius 3 is 2.17 bits per heavy atom. The lowest BCUT2D eigenvalue weighted by atomic mass is 9.86. The predicted molar refractivity (Wildman–Crippen MR) is 76.6 cm³/mol. The van der Waals surface area contributed by atoms with Crippen LogP contribution in [0.5, 0.6) is 0 Å². The lowest BCUT2D eigenvalue weighted by Gasteiger charge is -2.31. The Bertz CT molecular complexity index is 403. The number of aryl methyl sites for hydroxylation is 1. The zero-order valence-corrected chi connectivity index (χ0v) is 12.0. The van der Waals surface area contributed by atoms with Gasteiger partial charge in [0, 0.05) is 12.2 Å². The van der Waals surface area contributed by atoms with Crippen LogP contribution in [0.3, 0.4) is 0 Å². The van der Waals surface area contributed by atoms with Gasteiger partial charge in [0.15, 0.2) is 0 Å². The number of amides is 1. The maximum absolute atomic E-state index is 12.4. The summed E-state index contributed by atoms with van der Waals surface area (Å²) in [5.41, 5.74) is 7.91. The molecule has 0 aromatic heterocycles. The van der Waals surface area contributed by atoms with Crippen molar-refractivity contribution in [3.8, 4) is 0 Å². The smallest absolute Gasteiger partial charge is 0.244 e. The summed E-state index contributed by atoms with van der Waals surface area (Å²) in [4.78, 5) is 14.2. The fourth-order valence-electron chi connectivity index (χ4n) is 1.73. The summed E-state index contributed by atoms with van der Waals surface area (Å²) in [6.07, 6.45) is 0. The summed E-state index contributed by atoms with van der Waals surface area (Å²) < 4.78 is 0. The number of carbonyl (C=O) groups excluding carboxylic acids is 1. The van der Waals surface area contributed by atoms with Crippen LogP contribution in [0.2, 0.25) is 0 Å². The number of benzene rings is 1. The molecule has 1 aromatic rings. The third-order valence-electron chi connectivity index (χ3n) is 3.13. The van der Waals surface area contributed by atoms with Gasteiger partial charge < -0.3 is 10.6 Å². The zero-order chi connectivity index (χ0) is 13.9. The first kappa shape index (κ1) is 14.7. The summed E-state index contributed by atoms with van der Waals surface area (Å²) in [5.74, 6) is -0.0196. The minimum atomic E-state index is -0.487. The summed E-state index contributed by atoms with van der Waals surface area (Å²) in [6, 6.07) is 7.46. The van der Waals surface area contributed by atoms with Crippen LogP contribution in [-0.4, -0.2) is 18.5 Å². The first-order chi connectivity index (χ1) is 8.27. The maximum atomic E-state index is 12.4. The Balaban J connectivity index is 2.97. The number of nitrogens with two attached hydrogens (primary N) is 1. The van der Waals surface area contributed by atoms with Crippen molar-refractivity contribution in [1.82, 2.24) is 0 Å². The lowest BCUT2D eigenvalue weighted by Crippen LogP contribution is -2.50. The van der Waals surface area contributed by atoms with Crippen molar-refractivity contribution in [3.05, 3.63) is 29.8 Å². The molecule has 1 aromatic carbocycles. The van der Waals surface area contributed by atoms with E-state index in [9.17, 15) is 4.79 Å². The molecule has 0 unspecified atom stereocenters. The van der Waals surface area contributed by atoms with Gasteiger partial charge in [-0.2, -0.15) is 0 Å². The quantitative estimate of drug-likeness (QED) is 0.894. The second kappa shape index (κ2) is 5.53. The molecular formula is C15H24N2O. The van der Waals surface area contributed by atoms with Gasteiger partial charge in [-0.1, -0.05) is 38.5 Å². The molecule has 1 rings (SSSR count). The number of nitrogens with zero attached hydrogens (tertiary/aromatic N) is 1. The van der Waals surface area contributed by atoms with Crippen molar-refractivity contribution in [3.63, 3.8) is 0 Å². The highest BCUT2D eigenvalue weighted by Gasteiger charge is 2.31. The minimum absolute atomic E-state index is 0.0196. The molecule has 0 saturated heterocycles. The third kappa shape index (κ3) is 3.33. The Morgan fingerprint density at radius 1 is 1.28 bits per heavy atom. The van der Waals surface area contributed by atoms with E-state index in [0.717, 1.165) is 5.69 Å². The molecule has 0 bridgehead atoms. The van der Waals surface area contributed by atoms with Crippen LogP contribution in [0.1, 0.15) is 33.3 Å². The Hall–Kier alpha value is -1.35. The topological polar surface area (TPSA) is 46.3 Å². The van der Waals surface area contributed by atoms with Crippen LogP contribution in [-0.2, 0) is 4.79 Å². The van der Waals surface area contributed by atoms with Crippen LogP contribution in [0, 0.1) is 12.3 Å². The number of hydrogen-bond donors (Lipinski definition) is 1. The van der Waals surface area contributed by atoms with E-state index in [0.29, 0.717) is 6.54 Å². The molecule has 0 aliphatic carbocycles. The van der Waals surface area contributed by atoms with Crippen LogP contribution in [0.4, 0.5) is 5.69 Å². The summed E-state index contributed by atoms with van der Waals surface area (Å²) in [5, 5.41) is 0. The highest BCUT2D eigenvalue weighted by Crippen LogP contribution is 2.22. The molecule has 100 valence electrons. The average Bonchev–Trinajstić information content (AvgIpc) is 2.30. The molecule has 0 saturated carbocycles. The summed E-state index contributed by atoms with van der Waals surface area (Å²) >= 11 is 0. The molecule has 0 aliphatic rings. The van der Waals surface area contributed by atoms with Crippen LogP contribution in [0.25, 0.3) is 0 Å². The van der Waals surface area contributed by atoms with Crippen molar-refractivity contribution >= 4 is 11.6 Å². The fourth-order valence-corrected chi connectivity index (χ4v) is 1.73. The number of hydrogen-bond acceptors (Lipinski definition) is 2. The summed E-state index contributed by atoms with van der Waals surface area (Å²) in [6.45, 7) is 10.6. The van der Waals surface area contributed by atoms with Crippen molar-refractivity contribution in [2.45, 2.75) is 40.7 Å². The van der Waals surface area contributed by atoms with Gasteiger partial charge in [0.2, 0.25) is 5.91 Å². The lowest BCUT2D eigenvalue weighted by molar-refractivity contribution is -0.121. The average molecular weight is 248 g/mol. The minimum Gasteiger partial charge on any atom is -0.319 e. The molecule has 3 nitrogen and oxygen atoms in total. The fraction of sp³-hybridized carbons (Fsp3) is 0.533. The number of likely N-dealkylation sites (N-methyl/N-ethyl adjacent to an activating group) is 1. The van der Waals surface area contributed by atoms with Gasteiger partial charge in [-0.15, -0.1) is 0 Å². The molecule has 2 N–H and O–H groups in total. The van der Waals surface area contributed by atoms with Gasteiger partial charge in [0.1, 0.15) is 0 Å². The predicted octanol–water partition coefficient (Wildman–Crippen LogP) is 2.72. The first-order valence-corrected chi connectivity index (χ1v) is 6.41. The molecule has 18 heavy (non-hydrogen) atoms. The normalized spacial score (nSPS) is 13.2. The molecule has 0 fully saturated rings. The Kier molecular flexibility index (Phi) is 4.52. The number of rotatable bonds is 3. The van der Waals surface area contributed by atoms with E-state index in [1.54, 1.807) is 4.90 Å². The van der Waals surface area contributed by atoms with Gasteiger partial charge in [0.05, 0.1) is 6.04 Å². The van der Waals surface area contributed by atoms with Crippen molar-refractivity contribution in [2.24, 2.45) is 11.1 Å². The highest BCUT2D eigenvalue weighted by molar-refractivity contribution is 5.97. The molecule has 0 spiro atoms. The molecular weight excluding hydrogens is 224 g/mol. The Labute approximate surface area is 110 Å². The molecule has 1 amide bonds. The first-order valence-electron chi connectivity index (χ1n) is 6.41. The van der Waals surface area contributed by atoms with Gasteiger partial charge in [0.25, 0.3) is 0 Å². The van der Waals surface area contributed by atoms with Crippen LogP contribution in [0.15, 0.2) is 24.3 Å². The molecule has 0 aliphatic heterocycles. The van der Waals surface area contributed by atoms with Crippen LogP contribution >= 0.6 is 0 Å². The SMILES string of the molecule is CCN(C(=O)[C@@H](N)C(C)(C)C)c1ccc(C)cc1. The van der Waals surface area contributed by atoms with Gasteiger partial charge in [-0.25, -0.2) is 0 Å². The van der Waals surface area contributed by atoms with E-state index in [1.165, 1.54) is 5.56 Å². The van der Waals surface area contributed by atoms with Crippen molar-refractivity contribution in [1.29, 1.82) is 0 Å². The van der Waals surface area contributed by atoms with E-state index in [1.807, 2.05) is 58.9 Å². The monoisotopic (exact) mass is 248 g/mol. The largest absolute Gasteiger partial charge is 0.319 e. The van der Waals surface area contributed by atoms with E-state index >= 15 is 0 Å². The molecule has 0 heterocycles. The van der Waals surface area contributed by atoms with E-state index in [2.05, 4.69) is 0 Å². The highest BCUT2D eigenvalue weighted by atomic mass is 16.2. The standard InChI is InChI=1S/C15H24N2O/c1-6-17(12-9-7-11(2)8-10-12)14(18)13(16)15(3,4)5/h7-10,13H,6,16H2,1-5H3/t13-/m1/s1. The second-order valence-corrected chi connectivity index (χ2v) is 5.76. The van der Waals surface area contributed by atoms with E-state index in [-0.39, 0.29) is 11.3 Å². The summed E-state index contributed by atoms with van der Waals surface area (Å²) in [7, 11) is 0. The Morgan fingerprint density at radius 2 is 1.78 bits per heavy atom. The zero-order valence-electron chi connectivity index (χ0n) is 12.0. The van der Waals surface area contributed by atoms with E-state index < -0.39 is 6.04 Å². The third-order valence-corrected chi connectivity index (χ3v) is 3.13. The van der Waals surface area contributed by atoms with Crippen molar-refractivity contribution < 1.29 is 4.79 Å². The maximum Gasteiger partial charge on any atom is 0.244 e. The number of carbonyl (C=O) groups is 1. The molecule has 3 heteroatoms. The van der Waals surface area contributed by atoms with E-state index in [4.69, 9.17) is 5.73 Å². The van der Waals surface area contributed by atoms with Gasteiger partial charge in [-0.05, 0) is 31.4 Å². The van der Waals surface area contributed by atoms with Gasteiger partial charge >= 0.3 is 0 Å². The molecule has 0 radical (unpaired) electrons. The second-order valence-electron chi connectivity index (χ2n) is 5.76. The molecule has 1 atom stereocenters. The van der Waals surface area contributed by atoms with Gasteiger partial charge in [-0.3, -0.25) is 4.79 Å². The van der Waals surface area contributed by atoms with Crippen LogP contribution < -0.4 is 10.6 Å². The number of anilines is 1.